The van der Waals surface area contributed by atoms with E-state index in [0.717, 1.165) is 12.1 Å². The van der Waals surface area contributed by atoms with Gasteiger partial charge in [0.25, 0.3) is 5.56 Å². The standard InChI is InChI=1S/C20H19F2N3O4/c1-28-17-9-13-16(10-18(17)29-2)23-11-25(20(13)27)7-3-4-19(26)24-12-5-6-14(21)15(22)8-12/h5-6,8-11H,3-4,7H2,1-2H3,(H,24,26). The molecule has 0 radical (unpaired) electrons. The maximum Gasteiger partial charge on any atom is 0.261 e. The monoisotopic (exact) mass is 403 g/mol. The van der Waals surface area contributed by atoms with Crippen molar-refractivity contribution in [3.8, 4) is 11.5 Å². The number of anilines is 1. The average molecular weight is 403 g/mol. The van der Waals surface area contributed by atoms with Crippen molar-refractivity contribution in [1.82, 2.24) is 9.55 Å². The minimum absolute atomic E-state index is 0.0927. The summed E-state index contributed by atoms with van der Waals surface area (Å²) in [6.45, 7) is 0.265. The topological polar surface area (TPSA) is 82.5 Å². The second kappa shape index (κ2) is 8.68. The Morgan fingerprint density at radius 2 is 1.83 bits per heavy atom. The van der Waals surface area contributed by atoms with Gasteiger partial charge >= 0.3 is 0 Å². The zero-order valence-corrected chi connectivity index (χ0v) is 15.9. The number of hydrogen-bond donors (Lipinski definition) is 1. The van der Waals surface area contributed by atoms with Gasteiger partial charge in [-0.3, -0.25) is 14.2 Å². The zero-order valence-electron chi connectivity index (χ0n) is 15.9. The Kier molecular flexibility index (Phi) is 6.06. The molecule has 0 aliphatic carbocycles. The Morgan fingerprint density at radius 1 is 1.10 bits per heavy atom. The van der Waals surface area contributed by atoms with E-state index in [4.69, 9.17) is 9.47 Å². The molecule has 0 unspecified atom stereocenters. The van der Waals surface area contributed by atoms with Crippen molar-refractivity contribution >= 4 is 22.5 Å². The lowest BCUT2D eigenvalue weighted by Gasteiger charge is -2.10. The van der Waals surface area contributed by atoms with Gasteiger partial charge in [-0.25, -0.2) is 13.8 Å². The molecule has 0 spiro atoms. The third-order valence-electron chi connectivity index (χ3n) is 4.34. The smallest absolute Gasteiger partial charge is 0.261 e. The number of aromatic nitrogens is 2. The number of fused-ring (bicyclic) bond motifs is 1. The number of nitrogens with zero attached hydrogens (tertiary/aromatic N) is 2. The lowest BCUT2D eigenvalue weighted by molar-refractivity contribution is -0.116. The number of benzene rings is 2. The second-order valence-electron chi connectivity index (χ2n) is 6.25. The molecule has 0 saturated carbocycles. The van der Waals surface area contributed by atoms with Gasteiger partial charge in [0.15, 0.2) is 23.1 Å². The second-order valence-corrected chi connectivity index (χ2v) is 6.25. The van der Waals surface area contributed by atoms with Gasteiger partial charge in [-0.2, -0.15) is 0 Å². The zero-order chi connectivity index (χ0) is 21.0. The third kappa shape index (κ3) is 4.50. The molecule has 0 aliphatic heterocycles. The number of nitrogens with one attached hydrogen (secondary N) is 1. The van der Waals surface area contributed by atoms with Gasteiger partial charge in [0.05, 0.1) is 31.4 Å². The fraction of sp³-hybridized carbons (Fsp3) is 0.250. The van der Waals surface area contributed by atoms with Crippen molar-refractivity contribution in [1.29, 1.82) is 0 Å². The van der Waals surface area contributed by atoms with Crippen molar-refractivity contribution < 1.29 is 23.0 Å². The van der Waals surface area contributed by atoms with Crippen LogP contribution in [0.5, 0.6) is 11.5 Å². The summed E-state index contributed by atoms with van der Waals surface area (Å²) in [6.07, 6.45) is 1.86. The van der Waals surface area contributed by atoms with E-state index in [1.54, 1.807) is 12.1 Å². The lowest BCUT2D eigenvalue weighted by Crippen LogP contribution is -2.22. The first-order chi connectivity index (χ1) is 13.9. The van der Waals surface area contributed by atoms with Crippen LogP contribution in [-0.4, -0.2) is 29.7 Å². The van der Waals surface area contributed by atoms with Crippen molar-refractivity contribution in [2.45, 2.75) is 19.4 Å². The molecule has 1 N–H and O–H groups in total. The molecule has 7 nitrogen and oxygen atoms in total. The molecule has 0 bridgehead atoms. The summed E-state index contributed by atoms with van der Waals surface area (Å²) in [5.74, 6) is -1.51. The molecule has 1 amide bonds. The molecular formula is C20H19F2N3O4. The van der Waals surface area contributed by atoms with Crippen LogP contribution in [0.4, 0.5) is 14.5 Å². The van der Waals surface area contributed by atoms with Crippen LogP contribution in [0.25, 0.3) is 10.9 Å². The van der Waals surface area contributed by atoms with Crippen LogP contribution in [0.1, 0.15) is 12.8 Å². The van der Waals surface area contributed by atoms with E-state index in [9.17, 15) is 18.4 Å². The summed E-state index contributed by atoms with van der Waals surface area (Å²) in [4.78, 5) is 28.9. The number of amides is 1. The largest absolute Gasteiger partial charge is 0.493 e. The van der Waals surface area contributed by atoms with Crippen molar-refractivity contribution in [3.05, 3.63) is 58.6 Å². The highest BCUT2D eigenvalue weighted by atomic mass is 19.2. The summed E-state index contributed by atoms with van der Waals surface area (Å²) < 4.78 is 37.9. The molecule has 29 heavy (non-hydrogen) atoms. The normalized spacial score (nSPS) is 10.8. The highest BCUT2D eigenvalue weighted by molar-refractivity contribution is 5.90. The van der Waals surface area contributed by atoms with Crippen molar-refractivity contribution in [3.63, 3.8) is 0 Å². The van der Waals surface area contributed by atoms with Gasteiger partial charge in [-0.05, 0) is 24.6 Å². The minimum Gasteiger partial charge on any atom is -0.493 e. The molecule has 0 aliphatic rings. The van der Waals surface area contributed by atoms with E-state index < -0.39 is 11.6 Å². The van der Waals surface area contributed by atoms with E-state index >= 15 is 0 Å². The summed E-state index contributed by atoms with van der Waals surface area (Å²) in [5.41, 5.74) is 0.372. The Bertz CT molecular complexity index is 1110. The first kappa shape index (κ1) is 20.2. The van der Waals surface area contributed by atoms with Gasteiger partial charge in [0.1, 0.15) is 0 Å². The minimum atomic E-state index is -1.04. The Morgan fingerprint density at radius 3 is 2.52 bits per heavy atom. The molecule has 0 atom stereocenters. The Hall–Kier alpha value is -3.49. The fourth-order valence-corrected chi connectivity index (χ4v) is 2.85. The van der Waals surface area contributed by atoms with Crippen LogP contribution in [0.15, 0.2) is 41.5 Å². The Balaban J connectivity index is 1.67. The van der Waals surface area contributed by atoms with Gasteiger partial charge < -0.3 is 14.8 Å². The van der Waals surface area contributed by atoms with Gasteiger partial charge in [0, 0.05) is 30.8 Å². The van der Waals surface area contributed by atoms with E-state index in [1.165, 1.54) is 31.2 Å². The highest BCUT2D eigenvalue weighted by Gasteiger charge is 2.12. The summed E-state index contributed by atoms with van der Waals surface area (Å²) in [6, 6.07) is 6.31. The molecular weight excluding hydrogens is 384 g/mol. The first-order valence-corrected chi connectivity index (χ1v) is 8.79. The van der Waals surface area contributed by atoms with E-state index in [0.29, 0.717) is 28.8 Å². The fourth-order valence-electron chi connectivity index (χ4n) is 2.85. The number of carbonyl (C=O) groups is 1. The van der Waals surface area contributed by atoms with Crippen LogP contribution < -0.4 is 20.3 Å². The summed E-state index contributed by atoms with van der Waals surface area (Å²) in [7, 11) is 2.97. The quantitative estimate of drug-likeness (QED) is 0.656. The molecule has 1 aromatic heterocycles. The average Bonchev–Trinajstić information content (AvgIpc) is 2.71. The summed E-state index contributed by atoms with van der Waals surface area (Å²) in [5, 5.41) is 2.86. The maximum absolute atomic E-state index is 13.2. The first-order valence-electron chi connectivity index (χ1n) is 8.79. The molecule has 152 valence electrons. The molecule has 2 aromatic carbocycles. The number of ether oxygens (including phenoxy) is 2. The number of hydrogen-bond acceptors (Lipinski definition) is 5. The van der Waals surface area contributed by atoms with Gasteiger partial charge in [-0.1, -0.05) is 0 Å². The molecule has 9 heteroatoms. The predicted molar refractivity (Wildman–Crippen MR) is 103 cm³/mol. The van der Waals surface area contributed by atoms with Crippen LogP contribution in [0.2, 0.25) is 0 Å². The number of carbonyl (C=O) groups excluding carboxylic acids is 1. The van der Waals surface area contributed by atoms with Crippen molar-refractivity contribution in [2.75, 3.05) is 19.5 Å². The number of halogens is 2. The van der Waals surface area contributed by atoms with E-state index in [-0.39, 0.29) is 30.1 Å². The predicted octanol–water partition coefficient (Wildman–Crippen LogP) is 3.11. The number of aryl methyl sites for hydroxylation is 1. The van der Waals surface area contributed by atoms with Crippen LogP contribution in [0.3, 0.4) is 0 Å². The molecule has 3 rings (SSSR count). The van der Waals surface area contributed by atoms with Gasteiger partial charge in [-0.15, -0.1) is 0 Å². The van der Waals surface area contributed by atoms with Gasteiger partial charge in [0.2, 0.25) is 5.91 Å². The summed E-state index contributed by atoms with van der Waals surface area (Å²) >= 11 is 0. The SMILES string of the molecule is COc1cc2ncn(CCCC(=O)Nc3ccc(F)c(F)c3)c(=O)c2cc1OC. The molecule has 0 fully saturated rings. The van der Waals surface area contributed by atoms with Crippen molar-refractivity contribution in [2.24, 2.45) is 0 Å². The molecule has 3 aromatic rings. The highest BCUT2D eigenvalue weighted by Crippen LogP contribution is 2.29. The van der Waals surface area contributed by atoms with E-state index in [2.05, 4.69) is 10.3 Å². The number of methoxy groups -OCH3 is 2. The van der Waals surface area contributed by atoms with Crippen LogP contribution in [-0.2, 0) is 11.3 Å². The Labute approximate surface area is 164 Å². The van der Waals surface area contributed by atoms with Crippen LogP contribution >= 0.6 is 0 Å². The number of rotatable bonds is 7. The van der Waals surface area contributed by atoms with Crippen LogP contribution in [0, 0.1) is 11.6 Å². The molecule has 0 saturated heterocycles. The maximum atomic E-state index is 13.2. The van der Waals surface area contributed by atoms with E-state index in [1.807, 2.05) is 0 Å². The lowest BCUT2D eigenvalue weighted by atomic mass is 10.2. The molecule has 1 heterocycles. The third-order valence-corrected chi connectivity index (χ3v) is 4.34.